The van der Waals surface area contributed by atoms with Crippen molar-refractivity contribution in [2.75, 3.05) is 5.73 Å². The summed E-state index contributed by atoms with van der Waals surface area (Å²) in [5.74, 6) is -0.392. The van der Waals surface area contributed by atoms with E-state index in [4.69, 9.17) is 21.9 Å². The average molecular weight is 303 g/mol. The minimum atomic E-state index is -0.540. The molecule has 3 aromatic rings. The van der Waals surface area contributed by atoms with Crippen LogP contribution in [0.4, 0.5) is 10.3 Å². The summed E-state index contributed by atoms with van der Waals surface area (Å²) in [5, 5.41) is 3.93. The lowest BCUT2D eigenvalue weighted by atomic mass is 9.99. The van der Waals surface area contributed by atoms with Crippen molar-refractivity contribution < 1.29 is 8.91 Å². The van der Waals surface area contributed by atoms with Crippen LogP contribution >= 0.6 is 11.6 Å². The Labute approximate surface area is 126 Å². The van der Waals surface area contributed by atoms with Crippen LogP contribution in [0.5, 0.6) is 0 Å². The standard InChI is InChI=1S/C16H12ClFN2O/c1-9-4-2-5-10(8-9)13-15(20-21-16(13)19)11-6-3-7-12(17)14(11)18/h2-8H,19H2,1H3. The molecule has 5 heteroatoms. The van der Waals surface area contributed by atoms with E-state index in [2.05, 4.69) is 5.16 Å². The van der Waals surface area contributed by atoms with Gasteiger partial charge in [0.15, 0.2) is 5.82 Å². The van der Waals surface area contributed by atoms with Gasteiger partial charge in [0.2, 0.25) is 5.88 Å². The largest absolute Gasteiger partial charge is 0.367 e. The lowest BCUT2D eigenvalue weighted by Gasteiger charge is -2.05. The zero-order valence-corrected chi connectivity index (χ0v) is 12.0. The highest BCUT2D eigenvalue weighted by Gasteiger charge is 2.21. The van der Waals surface area contributed by atoms with Crippen molar-refractivity contribution in [2.45, 2.75) is 6.92 Å². The fourth-order valence-corrected chi connectivity index (χ4v) is 2.43. The molecule has 0 spiro atoms. The third kappa shape index (κ3) is 2.38. The fraction of sp³-hybridized carbons (Fsp3) is 0.0625. The minimum absolute atomic E-state index is 0.0317. The first-order valence-electron chi connectivity index (χ1n) is 6.34. The SMILES string of the molecule is Cc1cccc(-c2c(-c3cccc(Cl)c3F)noc2N)c1. The number of nitrogen functional groups attached to an aromatic ring is 1. The van der Waals surface area contributed by atoms with Crippen molar-refractivity contribution in [3.63, 3.8) is 0 Å². The van der Waals surface area contributed by atoms with Crippen LogP contribution in [0.2, 0.25) is 5.02 Å². The summed E-state index contributed by atoms with van der Waals surface area (Å²) in [6.07, 6.45) is 0. The third-order valence-electron chi connectivity index (χ3n) is 3.23. The highest BCUT2D eigenvalue weighted by atomic mass is 35.5. The lowest BCUT2D eigenvalue weighted by Crippen LogP contribution is -1.91. The molecule has 0 fully saturated rings. The number of benzene rings is 2. The molecular formula is C16H12ClFN2O. The summed E-state index contributed by atoms with van der Waals surface area (Å²) in [5.41, 5.74) is 8.93. The smallest absolute Gasteiger partial charge is 0.230 e. The summed E-state index contributed by atoms with van der Waals surface area (Å²) in [7, 11) is 0. The van der Waals surface area contributed by atoms with E-state index in [-0.39, 0.29) is 16.5 Å². The molecule has 1 aromatic heterocycles. The Morgan fingerprint density at radius 2 is 1.95 bits per heavy atom. The Morgan fingerprint density at radius 3 is 2.71 bits per heavy atom. The van der Waals surface area contributed by atoms with E-state index >= 15 is 0 Å². The zero-order chi connectivity index (χ0) is 15.0. The van der Waals surface area contributed by atoms with Crippen LogP contribution in [-0.4, -0.2) is 5.16 Å². The summed E-state index contributed by atoms with van der Waals surface area (Å²) in [4.78, 5) is 0. The van der Waals surface area contributed by atoms with Crippen LogP contribution in [0.3, 0.4) is 0 Å². The first kappa shape index (κ1) is 13.6. The van der Waals surface area contributed by atoms with Gasteiger partial charge in [-0.1, -0.05) is 52.7 Å². The van der Waals surface area contributed by atoms with Gasteiger partial charge in [-0.15, -0.1) is 0 Å². The van der Waals surface area contributed by atoms with Crippen molar-refractivity contribution in [3.05, 3.63) is 58.9 Å². The number of hydrogen-bond donors (Lipinski definition) is 1. The van der Waals surface area contributed by atoms with Crippen molar-refractivity contribution >= 4 is 17.5 Å². The van der Waals surface area contributed by atoms with Gasteiger partial charge in [-0.25, -0.2) is 4.39 Å². The summed E-state index contributed by atoms with van der Waals surface area (Å²) >= 11 is 5.83. The molecule has 0 aliphatic carbocycles. The third-order valence-corrected chi connectivity index (χ3v) is 3.52. The Morgan fingerprint density at radius 1 is 1.19 bits per heavy atom. The van der Waals surface area contributed by atoms with Gasteiger partial charge in [0.05, 0.1) is 10.6 Å². The number of halogens is 2. The van der Waals surface area contributed by atoms with Gasteiger partial charge >= 0.3 is 0 Å². The molecule has 21 heavy (non-hydrogen) atoms. The normalized spacial score (nSPS) is 10.8. The highest BCUT2D eigenvalue weighted by molar-refractivity contribution is 6.31. The number of aromatic nitrogens is 1. The second-order valence-corrected chi connectivity index (χ2v) is 5.15. The van der Waals surface area contributed by atoms with Gasteiger partial charge in [0.1, 0.15) is 5.69 Å². The summed E-state index contributed by atoms with van der Waals surface area (Å²) in [6.45, 7) is 1.97. The van der Waals surface area contributed by atoms with E-state index in [0.29, 0.717) is 11.3 Å². The van der Waals surface area contributed by atoms with Gasteiger partial charge in [-0.2, -0.15) is 0 Å². The van der Waals surface area contributed by atoms with Crippen molar-refractivity contribution in [1.29, 1.82) is 0 Å². The quantitative estimate of drug-likeness (QED) is 0.747. The maximum absolute atomic E-state index is 14.2. The van der Waals surface area contributed by atoms with Gasteiger partial charge in [-0.05, 0) is 24.6 Å². The molecule has 0 unspecified atom stereocenters. The Hall–Kier alpha value is -2.33. The summed E-state index contributed by atoms with van der Waals surface area (Å²) < 4.78 is 19.3. The first-order valence-corrected chi connectivity index (χ1v) is 6.72. The molecule has 0 saturated carbocycles. The molecule has 1 heterocycles. The first-order chi connectivity index (χ1) is 10.1. The number of nitrogens with two attached hydrogens (primary N) is 1. The average Bonchev–Trinajstić information content (AvgIpc) is 2.83. The molecule has 0 saturated heterocycles. The van der Waals surface area contributed by atoms with Gasteiger partial charge in [0.25, 0.3) is 0 Å². The fourth-order valence-electron chi connectivity index (χ4n) is 2.25. The second kappa shape index (κ2) is 5.22. The van der Waals surface area contributed by atoms with Gasteiger partial charge in [0, 0.05) is 5.56 Å². The van der Waals surface area contributed by atoms with Crippen LogP contribution in [0.25, 0.3) is 22.4 Å². The van der Waals surface area contributed by atoms with Crippen LogP contribution in [-0.2, 0) is 0 Å². The van der Waals surface area contributed by atoms with Crippen LogP contribution in [0.15, 0.2) is 47.0 Å². The molecule has 106 valence electrons. The monoisotopic (exact) mass is 302 g/mol. The van der Waals surface area contributed by atoms with Crippen LogP contribution in [0.1, 0.15) is 5.56 Å². The van der Waals surface area contributed by atoms with E-state index in [0.717, 1.165) is 11.1 Å². The van der Waals surface area contributed by atoms with Crippen LogP contribution in [0, 0.1) is 12.7 Å². The Kier molecular flexibility index (Phi) is 3.39. The molecule has 0 atom stereocenters. The highest BCUT2D eigenvalue weighted by Crippen LogP contribution is 2.38. The maximum Gasteiger partial charge on any atom is 0.230 e. The number of anilines is 1. The molecule has 0 aliphatic rings. The van der Waals surface area contributed by atoms with Gasteiger partial charge in [-0.3, -0.25) is 0 Å². The number of hydrogen-bond acceptors (Lipinski definition) is 3. The minimum Gasteiger partial charge on any atom is -0.367 e. The Balaban J connectivity index is 2.24. The molecule has 0 aliphatic heterocycles. The second-order valence-electron chi connectivity index (χ2n) is 4.74. The molecular weight excluding hydrogens is 291 g/mol. The van der Waals surface area contributed by atoms with E-state index in [9.17, 15) is 4.39 Å². The number of nitrogens with zero attached hydrogens (tertiary/aromatic N) is 1. The molecule has 2 N–H and O–H groups in total. The molecule has 3 nitrogen and oxygen atoms in total. The predicted molar refractivity (Wildman–Crippen MR) is 81.5 cm³/mol. The van der Waals surface area contributed by atoms with Crippen molar-refractivity contribution in [2.24, 2.45) is 0 Å². The van der Waals surface area contributed by atoms with Crippen LogP contribution < -0.4 is 5.73 Å². The zero-order valence-electron chi connectivity index (χ0n) is 11.2. The van der Waals surface area contributed by atoms with E-state index < -0.39 is 5.82 Å². The van der Waals surface area contributed by atoms with Crippen molar-refractivity contribution in [3.8, 4) is 22.4 Å². The van der Waals surface area contributed by atoms with E-state index in [1.165, 1.54) is 6.07 Å². The summed E-state index contributed by atoms with van der Waals surface area (Å²) in [6, 6.07) is 12.4. The molecule has 2 aromatic carbocycles. The topological polar surface area (TPSA) is 52.0 Å². The van der Waals surface area contributed by atoms with Crippen molar-refractivity contribution in [1.82, 2.24) is 5.16 Å². The van der Waals surface area contributed by atoms with Gasteiger partial charge < -0.3 is 10.3 Å². The van der Waals surface area contributed by atoms with E-state index in [1.54, 1.807) is 12.1 Å². The number of aryl methyl sites for hydroxylation is 1. The molecule has 3 rings (SSSR count). The molecule has 0 radical (unpaired) electrons. The lowest BCUT2D eigenvalue weighted by molar-refractivity contribution is 0.439. The molecule has 0 bridgehead atoms. The Bertz CT molecular complexity index is 814. The number of rotatable bonds is 2. The maximum atomic E-state index is 14.2. The van der Waals surface area contributed by atoms with E-state index in [1.807, 2.05) is 31.2 Å². The molecule has 0 amide bonds. The predicted octanol–water partition coefficient (Wildman–Crippen LogP) is 4.69.